The summed E-state index contributed by atoms with van der Waals surface area (Å²) in [7, 11) is 1.71. The summed E-state index contributed by atoms with van der Waals surface area (Å²) in [6.45, 7) is 5.15. The summed E-state index contributed by atoms with van der Waals surface area (Å²) in [6, 6.07) is 13.7. The van der Waals surface area contributed by atoms with Crippen molar-refractivity contribution in [2.75, 3.05) is 18.9 Å². The van der Waals surface area contributed by atoms with Gasteiger partial charge in [0.1, 0.15) is 5.82 Å². The standard InChI is InChI=1S/C19H25N5O.HI/c1-14-7-4-5-9-16(14)13-22-19(20-3)21-12-11-18(25)24-17-10-6-8-15(2)23-17;/h4-10H,11-13H2,1-3H3,(H2,20,21,22)(H,23,24,25);1H. The minimum Gasteiger partial charge on any atom is -0.356 e. The number of hydrogen-bond acceptors (Lipinski definition) is 3. The van der Waals surface area contributed by atoms with Gasteiger partial charge in [0.25, 0.3) is 0 Å². The molecule has 0 saturated carbocycles. The molecule has 3 N–H and O–H groups in total. The topological polar surface area (TPSA) is 78.4 Å². The van der Waals surface area contributed by atoms with Gasteiger partial charge in [-0.25, -0.2) is 4.98 Å². The van der Waals surface area contributed by atoms with Crippen LogP contribution in [0.15, 0.2) is 47.5 Å². The quantitative estimate of drug-likeness (QED) is 0.347. The van der Waals surface area contributed by atoms with E-state index in [9.17, 15) is 4.79 Å². The molecule has 7 heteroatoms. The summed E-state index contributed by atoms with van der Waals surface area (Å²) in [6.07, 6.45) is 0.334. The van der Waals surface area contributed by atoms with E-state index in [1.165, 1.54) is 11.1 Å². The molecule has 1 aromatic heterocycles. The fourth-order valence-electron chi connectivity index (χ4n) is 2.32. The second-order valence-corrected chi connectivity index (χ2v) is 5.74. The number of nitrogens with one attached hydrogen (secondary N) is 3. The van der Waals surface area contributed by atoms with Crippen molar-refractivity contribution in [2.24, 2.45) is 4.99 Å². The molecule has 1 aromatic carbocycles. The fraction of sp³-hybridized carbons (Fsp3) is 0.316. The first-order chi connectivity index (χ1) is 12.1. The van der Waals surface area contributed by atoms with Crippen molar-refractivity contribution in [3.05, 3.63) is 59.3 Å². The Labute approximate surface area is 171 Å². The van der Waals surface area contributed by atoms with Gasteiger partial charge in [-0.15, -0.1) is 24.0 Å². The van der Waals surface area contributed by atoms with Gasteiger partial charge in [0.15, 0.2) is 5.96 Å². The van der Waals surface area contributed by atoms with Gasteiger partial charge in [-0.1, -0.05) is 30.3 Å². The van der Waals surface area contributed by atoms with Crippen LogP contribution in [0.3, 0.4) is 0 Å². The highest BCUT2D eigenvalue weighted by molar-refractivity contribution is 14.0. The highest BCUT2D eigenvalue weighted by atomic mass is 127. The van der Waals surface area contributed by atoms with Crippen molar-refractivity contribution < 1.29 is 4.79 Å². The maximum absolute atomic E-state index is 12.0. The second-order valence-electron chi connectivity index (χ2n) is 5.74. The predicted octanol–water partition coefficient (Wildman–Crippen LogP) is 3.01. The zero-order valence-corrected chi connectivity index (χ0v) is 17.7. The molecule has 0 fully saturated rings. The summed E-state index contributed by atoms with van der Waals surface area (Å²) < 4.78 is 0. The summed E-state index contributed by atoms with van der Waals surface area (Å²) in [5, 5.41) is 9.19. The Morgan fingerprint density at radius 1 is 1.08 bits per heavy atom. The number of anilines is 1. The van der Waals surface area contributed by atoms with Gasteiger partial charge in [-0.05, 0) is 37.1 Å². The molecule has 0 aliphatic carbocycles. The highest BCUT2D eigenvalue weighted by Gasteiger charge is 2.05. The highest BCUT2D eigenvalue weighted by Crippen LogP contribution is 2.06. The van der Waals surface area contributed by atoms with Gasteiger partial charge in [0, 0.05) is 32.3 Å². The number of pyridine rings is 1. The first-order valence-electron chi connectivity index (χ1n) is 8.31. The molecule has 0 spiro atoms. The number of rotatable bonds is 6. The SMILES string of the molecule is CN=C(NCCC(=O)Nc1cccc(C)n1)NCc1ccccc1C.I. The number of hydrogen-bond donors (Lipinski definition) is 3. The van der Waals surface area contributed by atoms with Crippen molar-refractivity contribution in [3.8, 4) is 0 Å². The van der Waals surface area contributed by atoms with Gasteiger partial charge in [0.05, 0.1) is 0 Å². The number of carbonyl (C=O) groups excluding carboxylic acids is 1. The molecule has 26 heavy (non-hydrogen) atoms. The smallest absolute Gasteiger partial charge is 0.227 e. The van der Waals surface area contributed by atoms with E-state index in [0.29, 0.717) is 31.3 Å². The van der Waals surface area contributed by atoms with Crippen molar-refractivity contribution >= 4 is 41.7 Å². The number of guanidine groups is 1. The van der Waals surface area contributed by atoms with Crippen LogP contribution in [0.4, 0.5) is 5.82 Å². The third-order valence-electron chi connectivity index (χ3n) is 3.73. The van der Waals surface area contributed by atoms with E-state index in [1.54, 1.807) is 13.1 Å². The molecule has 1 amide bonds. The van der Waals surface area contributed by atoms with E-state index in [-0.39, 0.29) is 29.9 Å². The number of aryl methyl sites for hydroxylation is 2. The van der Waals surface area contributed by atoms with Crippen molar-refractivity contribution in [1.29, 1.82) is 0 Å². The van der Waals surface area contributed by atoms with Crippen LogP contribution >= 0.6 is 24.0 Å². The predicted molar refractivity (Wildman–Crippen MR) is 117 cm³/mol. The molecule has 0 atom stereocenters. The largest absolute Gasteiger partial charge is 0.356 e. The average Bonchev–Trinajstić information content (AvgIpc) is 2.59. The van der Waals surface area contributed by atoms with E-state index in [0.717, 1.165) is 5.69 Å². The molecule has 0 radical (unpaired) electrons. The Kier molecular flexibility index (Phi) is 9.64. The van der Waals surface area contributed by atoms with E-state index in [2.05, 4.69) is 45.0 Å². The van der Waals surface area contributed by atoms with Crippen LogP contribution in [0.2, 0.25) is 0 Å². The van der Waals surface area contributed by atoms with Crippen molar-refractivity contribution in [2.45, 2.75) is 26.8 Å². The monoisotopic (exact) mass is 467 g/mol. The Hall–Kier alpha value is -2.16. The Balaban J connectivity index is 0.00000338. The molecule has 0 unspecified atom stereocenters. The lowest BCUT2D eigenvalue weighted by molar-refractivity contribution is -0.116. The normalized spacial score (nSPS) is 10.7. The molecular formula is C19H26IN5O. The summed E-state index contributed by atoms with van der Waals surface area (Å²) in [5.74, 6) is 1.16. The van der Waals surface area contributed by atoms with Gasteiger partial charge >= 0.3 is 0 Å². The first kappa shape index (κ1) is 21.9. The molecule has 0 aliphatic rings. The zero-order valence-electron chi connectivity index (χ0n) is 15.4. The molecule has 0 aliphatic heterocycles. The average molecular weight is 467 g/mol. The van der Waals surface area contributed by atoms with Gasteiger partial charge in [-0.2, -0.15) is 0 Å². The molecule has 6 nitrogen and oxygen atoms in total. The number of carbonyl (C=O) groups is 1. The van der Waals surface area contributed by atoms with Gasteiger partial charge in [-0.3, -0.25) is 9.79 Å². The van der Waals surface area contributed by atoms with Crippen molar-refractivity contribution in [1.82, 2.24) is 15.6 Å². The Morgan fingerprint density at radius 3 is 2.54 bits per heavy atom. The molecule has 1 heterocycles. The Morgan fingerprint density at radius 2 is 1.85 bits per heavy atom. The maximum atomic E-state index is 12.0. The van der Waals surface area contributed by atoms with Crippen LogP contribution in [-0.4, -0.2) is 30.4 Å². The maximum Gasteiger partial charge on any atom is 0.227 e. The fourth-order valence-corrected chi connectivity index (χ4v) is 2.32. The van der Waals surface area contributed by atoms with Crippen LogP contribution in [0.1, 0.15) is 23.2 Å². The summed E-state index contributed by atoms with van der Waals surface area (Å²) in [5.41, 5.74) is 3.32. The molecule has 0 bridgehead atoms. The minimum atomic E-state index is -0.0834. The van der Waals surface area contributed by atoms with E-state index < -0.39 is 0 Å². The number of aromatic nitrogens is 1. The van der Waals surface area contributed by atoms with Gasteiger partial charge in [0.2, 0.25) is 5.91 Å². The number of nitrogens with zero attached hydrogens (tertiary/aromatic N) is 2. The van der Waals surface area contributed by atoms with Crippen LogP contribution < -0.4 is 16.0 Å². The number of aliphatic imine (C=N–C) groups is 1. The molecule has 140 valence electrons. The zero-order chi connectivity index (χ0) is 18.1. The summed E-state index contributed by atoms with van der Waals surface area (Å²) >= 11 is 0. The van der Waals surface area contributed by atoms with Gasteiger partial charge < -0.3 is 16.0 Å². The van der Waals surface area contributed by atoms with Crippen LogP contribution in [0.25, 0.3) is 0 Å². The molecule has 2 aromatic rings. The van der Waals surface area contributed by atoms with Crippen LogP contribution in [0.5, 0.6) is 0 Å². The Bertz CT molecular complexity index is 748. The third-order valence-corrected chi connectivity index (χ3v) is 3.73. The van der Waals surface area contributed by atoms with Crippen LogP contribution in [-0.2, 0) is 11.3 Å². The lowest BCUT2D eigenvalue weighted by Crippen LogP contribution is -2.38. The molecule has 0 saturated heterocycles. The first-order valence-corrected chi connectivity index (χ1v) is 8.31. The third kappa shape index (κ3) is 7.38. The lowest BCUT2D eigenvalue weighted by Gasteiger charge is -2.13. The minimum absolute atomic E-state index is 0. The van der Waals surface area contributed by atoms with E-state index in [4.69, 9.17) is 0 Å². The van der Waals surface area contributed by atoms with E-state index >= 15 is 0 Å². The molecule has 2 rings (SSSR count). The summed E-state index contributed by atoms with van der Waals surface area (Å²) in [4.78, 5) is 20.4. The van der Waals surface area contributed by atoms with E-state index in [1.807, 2.05) is 31.2 Å². The number of benzene rings is 1. The van der Waals surface area contributed by atoms with Crippen LogP contribution in [0, 0.1) is 13.8 Å². The lowest BCUT2D eigenvalue weighted by atomic mass is 10.1. The number of amides is 1. The number of halogens is 1. The second kappa shape index (κ2) is 11.5. The van der Waals surface area contributed by atoms with Crippen molar-refractivity contribution in [3.63, 3.8) is 0 Å². The molecular weight excluding hydrogens is 441 g/mol.